The average molecular weight is 387 g/mol. The van der Waals surface area contributed by atoms with E-state index in [2.05, 4.69) is 25.6 Å². The Morgan fingerprint density at radius 2 is 1.75 bits per heavy atom. The number of nitrogens with one attached hydrogen (secondary N) is 2. The molecular weight excluding hydrogens is 371 g/mol. The molecule has 2 aromatic heterocycles. The molecule has 0 saturated heterocycles. The predicted molar refractivity (Wildman–Crippen MR) is 98.0 cm³/mol. The van der Waals surface area contributed by atoms with E-state index >= 15 is 0 Å². The molecule has 0 aliphatic rings. The topological polar surface area (TPSA) is 79.8 Å². The first-order valence-electron chi connectivity index (χ1n) is 8.30. The molecule has 6 nitrogen and oxygen atoms in total. The van der Waals surface area contributed by atoms with Gasteiger partial charge in [-0.1, -0.05) is 12.1 Å². The van der Waals surface area contributed by atoms with Gasteiger partial charge in [0, 0.05) is 30.0 Å². The minimum absolute atomic E-state index is 0.245. The molecule has 3 aromatic rings. The Morgan fingerprint density at radius 1 is 1.00 bits per heavy atom. The van der Waals surface area contributed by atoms with Crippen LogP contribution in [-0.4, -0.2) is 20.9 Å². The summed E-state index contributed by atoms with van der Waals surface area (Å²) in [5, 5.41) is 5.57. The van der Waals surface area contributed by atoms with Crippen LogP contribution in [0.3, 0.4) is 0 Å². The molecule has 1 aromatic carbocycles. The number of pyridine rings is 1. The van der Waals surface area contributed by atoms with Crippen molar-refractivity contribution in [2.45, 2.75) is 19.0 Å². The fraction of sp³-hybridized carbons (Fsp3) is 0.158. The van der Waals surface area contributed by atoms with Crippen LogP contribution >= 0.6 is 0 Å². The van der Waals surface area contributed by atoms with Crippen molar-refractivity contribution in [3.05, 3.63) is 72.4 Å². The zero-order valence-electron chi connectivity index (χ0n) is 14.7. The summed E-state index contributed by atoms with van der Waals surface area (Å²) in [6.45, 7) is 1.74. The fourth-order valence-electron chi connectivity index (χ4n) is 2.43. The number of alkyl halides is 3. The van der Waals surface area contributed by atoms with Crippen molar-refractivity contribution in [3.63, 3.8) is 0 Å². The summed E-state index contributed by atoms with van der Waals surface area (Å²) < 4.78 is 38.2. The number of carbonyl (C=O) groups is 1. The van der Waals surface area contributed by atoms with Crippen molar-refractivity contribution in [3.8, 4) is 0 Å². The van der Waals surface area contributed by atoms with Crippen LogP contribution in [0.5, 0.6) is 0 Å². The Hall–Kier alpha value is -3.49. The molecule has 0 fully saturated rings. The van der Waals surface area contributed by atoms with Crippen molar-refractivity contribution in [1.82, 2.24) is 15.0 Å². The van der Waals surface area contributed by atoms with Crippen LogP contribution in [0.1, 0.15) is 24.1 Å². The monoisotopic (exact) mass is 387 g/mol. The lowest BCUT2D eigenvalue weighted by molar-refractivity contribution is -0.141. The van der Waals surface area contributed by atoms with Crippen LogP contribution in [0.4, 0.5) is 30.4 Å². The minimum Gasteiger partial charge on any atom is -0.355 e. The van der Waals surface area contributed by atoms with Gasteiger partial charge in [0.15, 0.2) is 5.82 Å². The summed E-state index contributed by atoms with van der Waals surface area (Å²) in [7, 11) is 0. The minimum atomic E-state index is -4.51. The molecule has 2 N–H and O–H groups in total. The van der Waals surface area contributed by atoms with Gasteiger partial charge < -0.3 is 10.6 Å². The van der Waals surface area contributed by atoms with Gasteiger partial charge in [-0.05, 0) is 36.8 Å². The maximum Gasteiger partial charge on any atom is 0.433 e. The third-order valence-electron chi connectivity index (χ3n) is 3.96. The van der Waals surface area contributed by atoms with E-state index in [1.165, 1.54) is 24.7 Å². The number of carbonyl (C=O) groups excluding carboxylic acids is 1. The second-order valence-corrected chi connectivity index (χ2v) is 5.98. The fourth-order valence-corrected chi connectivity index (χ4v) is 2.43. The van der Waals surface area contributed by atoms with Gasteiger partial charge in [0.2, 0.25) is 5.91 Å². The Kier molecular flexibility index (Phi) is 5.53. The van der Waals surface area contributed by atoms with Gasteiger partial charge in [-0.15, -0.1) is 0 Å². The van der Waals surface area contributed by atoms with E-state index in [9.17, 15) is 18.0 Å². The van der Waals surface area contributed by atoms with Crippen LogP contribution in [0.15, 0.2) is 61.2 Å². The quantitative estimate of drug-likeness (QED) is 0.679. The Balaban J connectivity index is 1.67. The SMILES string of the molecule is CC(C(=O)Nc1cnccn1)c1ccc(Nc2ccnc(C(F)(F)F)c2)cc1. The smallest absolute Gasteiger partial charge is 0.355 e. The van der Waals surface area contributed by atoms with Gasteiger partial charge in [-0.2, -0.15) is 13.2 Å². The molecule has 0 saturated carbocycles. The normalized spacial score (nSPS) is 12.3. The summed E-state index contributed by atoms with van der Waals surface area (Å²) in [6.07, 6.45) is 1.02. The van der Waals surface area contributed by atoms with Gasteiger partial charge in [0.25, 0.3) is 0 Å². The summed E-state index contributed by atoms with van der Waals surface area (Å²) in [6, 6.07) is 9.22. The summed E-state index contributed by atoms with van der Waals surface area (Å²) in [4.78, 5) is 23.5. The zero-order chi connectivity index (χ0) is 20.1. The number of halogens is 3. The molecule has 1 amide bonds. The number of aromatic nitrogens is 3. The average Bonchev–Trinajstić information content (AvgIpc) is 2.68. The molecule has 144 valence electrons. The highest BCUT2D eigenvalue weighted by molar-refractivity contribution is 5.94. The van der Waals surface area contributed by atoms with Gasteiger partial charge in [0.05, 0.1) is 12.1 Å². The van der Waals surface area contributed by atoms with Gasteiger partial charge in [-0.25, -0.2) is 4.98 Å². The van der Waals surface area contributed by atoms with Gasteiger partial charge in [0.1, 0.15) is 5.69 Å². The second kappa shape index (κ2) is 8.03. The highest BCUT2D eigenvalue weighted by Gasteiger charge is 2.32. The van der Waals surface area contributed by atoms with E-state index in [4.69, 9.17) is 0 Å². The molecule has 0 spiro atoms. The van der Waals surface area contributed by atoms with E-state index in [1.807, 2.05) is 0 Å². The van der Waals surface area contributed by atoms with Crippen molar-refractivity contribution in [2.24, 2.45) is 0 Å². The lowest BCUT2D eigenvalue weighted by Crippen LogP contribution is -2.19. The zero-order valence-corrected chi connectivity index (χ0v) is 14.7. The number of amides is 1. The first-order valence-corrected chi connectivity index (χ1v) is 8.30. The molecule has 0 radical (unpaired) electrons. The summed E-state index contributed by atoms with van der Waals surface area (Å²) in [5.41, 5.74) is 0.634. The number of anilines is 3. The number of benzene rings is 1. The maximum absolute atomic E-state index is 12.7. The van der Waals surface area contributed by atoms with Crippen LogP contribution < -0.4 is 10.6 Å². The predicted octanol–water partition coefficient (Wildman–Crippen LogP) is 4.38. The van der Waals surface area contributed by atoms with E-state index in [0.717, 1.165) is 17.8 Å². The lowest BCUT2D eigenvalue weighted by Gasteiger charge is -2.13. The highest BCUT2D eigenvalue weighted by Crippen LogP contribution is 2.30. The molecular formula is C19H16F3N5O. The molecule has 3 rings (SSSR count). The van der Waals surface area contributed by atoms with Crippen LogP contribution in [0.2, 0.25) is 0 Å². The van der Waals surface area contributed by atoms with Crippen LogP contribution in [-0.2, 0) is 11.0 Å². The first kappa shape index (κ1) is 19.3. The number of hydrogen-bond acceptors (Lipinski definition) is 5. The maximum atomic E-state index is 12.7. The highest BCUT2D eigenvalue weighted by atomic mass is 19.4. The third kappa shape index (κ3) is 4.81. The largest absolute Gasteiger partial charge is 0.433 e. The Bertz CT molecular complexity index is 946. The van der Waals surface area contributed by atoms with Gasteiger partial charge >= 0.3 is 6.18 Å². The summed E-state index contributed by atoms with van der Waals surface area (Å²) >= 11 is 0. The van der Waals surface area contributed by atoms with E-state index in [1.54, 1.807) is 31.2 Å². The molecule has 0 aliphatic carbocycles. The van der Waals surface area contributed by atoms with Crippen molar-refractivity contribution in [1.29, 1.82) is 0 Å². The first-order chi connectivity index (χ1) is 13.3. The molecule has 1 atom stereocenters. The number of hydrogen-bond donors (Lipinski definition) is 2. The van der Waals surface area contributed by atoms with E-state index < -0.39 is 17.8 Å². The Labute approximate surface area is 158 Å². The summed E-state index contributed by atoms with van der Waals surface area (Å²) in [5.74, 6) is -0.338. The molecule has 0 bridgehead atoms. The Morgan fingerprint density at radius 3 is 2.39 bits per heavy atom. The van der Waals surface area contributed by atoms with Crippen molar-refractivity contribution in [2.75, 3.05) is 10.6 Å². The number of rotatable bonds is 5. The third-order valence-corrected chi connectivity index (χ3v) is 3.96. The van der Waals surface area contributed by atoms with Crippen molar-refractivity contribution < 1.29 is 18.0 Å². The molecule has 0 aliphatic heterocycles. The van der Waals surface area contributed by atoms with E-state index in [0.29, 0.717) is 11.5 Å². The second-order valence-electron chi connectivity index (χ2n) is 5.98. The van der Waals surface area contributed by atoms with Crippen LogP contribution in [0, 0.1) is 0 Å². The standard InChI is InChI=1S/C19H16F3N5O/c1-12(18(28)27-17-11-23-8-9-25-17)13-2-4-14(5-3-13)26-15-6-7-24-16(10-15)19(20,21)22/h2-12H,1H3,(H,24,26)(H,25,27,28). The van der Waals surface area contributed by atoms with Crippen LogP contribution in [0.25, 0.3) is 0 Å². The molecule has 9 heteroatoms. The lowest BCUT2D eigenvalue weighted by atomic mass is 10.00. The molecule has 2 heterocycles. The molecule has 28 heavy (non-hydrogen) atoms. The van der Waals surface area contributed by atoms with Crippen molar-refractivity contribution >= 4 is 23.1 Å². The van der Waals surface area contributed by atoms with Gasteiger partial charge in [-0.3, -0.25) is 14.8 Å². The molecule has 1 unspecified atom stereocenters. The van der Waals surface area contributed by atoms with E-state index in [-0.39, 0.29) is 11.6 Å². The number of nitrogens with zero attached hydrogens (tertiary/aromatic N) is 3.